The van der Waals surface area contributed by atoms with E-state index in [0.29, 0.717) is 18.2 Å². The summed E-state index contributed by atoms with van der Waals surface area (Å²) < 4.78 is 9.48. The van der Waals surface area contributed by atoms with Gasteiger partial charge < -0.3 is 10.1 Å². The fraction of sp³-hybridized carbons (Fsp3) is 0.750. The SMILES string of the molecule is CCOC(=O)c1c(C)nsc1NC(C)C1CC2CCC1C2. The summed E-state index contributed by atoms with van der Waals surface area (Å²) in [6.45, 7) is 6.35. The first-order valence-electron chi connectivity index (χ1n) is 8.00. The second-order valence-corrected chi connectivity index (χ2v) is 7.24. The Balaban J connectivity index is 1.71. The van der Waals surface area contributed by atoms with E-state index in [-0.39, 0.29) is 5.97 Å². The summed E-state index contributed by atoms with van der Waals surface area (Å²) >= 11 is 1.38. The van der Waals surface area contributed by atoms with Crippen LogP contribution in [0.4, 0.5) is 5.00 Å². The van der Waals surface area contributed by atoms with Crippen LogP contribution in [0.5, 0.6) is 0 Å². The zero-order valence-corrected chi connectivity index (χ0v) is 13.8. The predicted octanol–water partition coefficient (Wildman–Crippen LogP) is 3.86. The average molecular weight is 308 g/mol. The van der Waals surface area contributed by atoms with Crippen molar-refractivity contribution in [2.75, 3.05) is 11.9 Å². The molecule has 0 amide bonds. The van der Waals surface area contributed by atoms with Crippen molar-refractivity contribution < 1.29 is 9.53 Å². The molecule has 4 unspecified atom stereocenters. The van der Waals surface area contributed by atoms with Crippen LogP contribution in [-0.2, 0) is 4.74 Å². The lowest BCUT2D eigenvalue weighted by Gasteiger charge is -2.28. The summed E-state index contributed by atoms with van der Waals surface area (Å²) in [5.41, 5.74) is 1.39. The molecule has 0 saturated heterocycles. The summed E-state index contributed by atoms with van der Waals surface area (Å²) in [5, 5.41) is 4.43. The number of aromatic nitrogens is 1. The maximum absolute atomic E-state index is 12.1. The normalized spacial score (nSPS) is 28.6. The van der Waals surface area contributed by atoms with Crippen molar-refractivity contribution in [3.63, 3.8) is 0 Å². The van der Waals surface area contributed by atoms with Gasteiger partial charge in [0, 0.05) is 6.04 Å². The molecule has 0 aromatic carbocycles. The van der Waals surface area contributed by atoms with Crippen molar-refractivity contribution in [2.45, 2.75) is 52.5 Å². The van der Waals surface area contributed by atoms with Gasteiger partial charge in [-0.25, -0.2) is 4.79 Å². The van der Waals surface area contributed by atoms with Gasteiger partial charge in [-0.15, -0.1) is 0 Å². The number of hydrogen-bond donors (Lipinski definition) is 1. The molecule has 21 heavy (non-hydrogen) atoms. The van der Waals surface area contributed by atoms with Crippen LogP contribution in [-0.4, -0.2) is 23.0 Å². The third kappa shape index (κ3) is 2.80. The summed E-state index contributed by atoms with van der Waals surface area (Å²) in [6, 6.07) is 0.397. The van der Waals surface area contributed by atoms with E-state index in [9.17, 15) is 4.79 Å². The number of nitrogens with one attached hydrogen (secondary N) is 1. The Kier molecular flexibility index (Phi) is 4.20. The van der Waals surface area contributed by atoms with Gasteiger partial charge in [-0.3, -0.25) is 0 Å². The van der Waals surface area contributed by atoms with Crippen LogP contribution in [0.25, 0.3) is 0 Å². The Morgan fingerprint density at radius 2 is 2.29 bits per heavy atom. The number of anilines is 1. The lowest BCUT2D eigenvalue weighted by molar-refractivity contribution is 0.0527. The lowest BCUT2D eigenvalue weighted by Crippen LogP contribution is -2.30. The number of carbonyl (C=O) groups excluding carboxylic acids is 1. The standard InChI is InChI=1S/C16H24N2O2S/c1-4-20-16(19)14-10(3)18-21-15(14)17-9(2)13-8-11-5-6-12(13)7-11/h9,11-13,17H,4-8H2,1-3H3. The molecule has 2 saturated carbocycles. The van der Waals surface area contributed by atoms with E-state index in [1.54, 1.807) is 0 Å². The number of esters is 1. The van der Waals surface area contributed by atoms with E-state index in [1.807, 2.05) is 13.8 Å². The zero-order chi connectivity index (χ0) is 15.0. The van der Waals surface area contributed by atoms with E-state index in [4.69, 9.17) is 4.74 Å². The second kappa shape index (κ2) is 5.95. The van der Waals surface area contributed by atoms with E-state index in [0.717, 1.165) is 28.4 Å². The highest BCUT2D eigenvalue weighted by molar-refractivity contribution is 7.10. The highest BCUT2D eigenvalue weighted by atomic mass is 32.1. The minimum Gasteiger partial charge on any atom is -0.462 e. The molecule has 5 heteroatoms. The fourth-order valence-electron chi connectivity index (χ4n) is 4.13. The highest BCUT2D eigenvalue weighted by Crippen LogP contribution is 2.50. The number of ether oxygens (including phenoxy) is 1. The Bertz CT molecular complexity index is 528. The monoisotopic (exact) mass is 308 g/mol. The van der Waals surface area contributed by atoms with Gasteiger partial charge in [-0.2, -0.15) is 4.37 Å². The smallest absolute Gasteiger partial charge is 0.343 e. The third-order valence-electron chi connectivity index (χ3n) is 5.14. The highest BCUT2D eigenvalue weighted by Gasteiger charge is 2.42. The van der Waals surface area contributed by atoms with Crippen LogP contribution in [0.1, 0.15) is 55.6 Å². The van der Waals surface area contributed by atoms with Gasteiger partial charge in [0.25, 0.3) is 0 Å². The summed E-state index contributed by atoms with van der Waals surface area (Å²) in [5.74, 6) is 2.29. The van der Waals surface area contributed by atoms with Gasteiger partial charge in [-0.1, -0.05) is 6.42 Å². The average Bonchev–Trinajstić information content (AvgIpc) is 3.14. The van der Waals surface area contributed by atoms with E-state index < -0.39 is 0 Å². The molecule has 0 radical (unpaired) electrons. The molecule has 4 nitrogen and oxygen atoms in total. The number of fused-ring (bicyclic) bond motifs is 2. The van der Waals surface area contributed by atoms with Crippen molar-refractivity contribution in [2.24, 2.45) is 17.8 Å². The van der Waals surface area contributed by atoms with Crippen molar-refractivity contribution in [3.8, 4) is 0 Å². The summed E-state index contributed by atoms with van der Waals surface area (Å²) in [7, 11) is 0. The number of hydrogen-bond acceptors (Lipinski definition) is 5. The topological polar surface area (TPSA) is 51.2 Å². The Labute approximate surface area is 130 Å². The minimum atomic E-state index is -0.258. The number of rotatable bonds is 5. The van der Waals surface area contributed by atoms with Crippen LogP contribution < -0.4 is 5.32 Å². The number of nitrogens with zero attached hydrogens (tertiary/aromatic N) is 1. The largest absolute Gasteiger partial charge is 0.462 e. The van der Waals surface area contributed by atoms with Gasteiger partial charge in [0.2, 0.25) is 0 Å². The molecule has 116 valence electrons. The molecule has 1 N–H and O–H groups in total. The third-order valence-corrected chi connectivity index (χ3v) is 6.01. The Hall–Kier alpha value is -1.10. The predicted molar refractivity (Wildman–Crippen MR) is 84.8 cm³/mol. The van der Waals surface area contributed by atoms with Crippen LogP contribution in [0, 0.1) is 24.7 Å². The fourth-order valence-corrected chi connectivity index (χ4v) is 5.01. The second-order valence-electron chi connectivity index (χ2n) is 6.46. The Morgan fingerprint density at radius 1 is 1.48 bits per heavy atom. The van der Waals surface area contributed by atoms with Gasteiger partial charge >= 0.3 is 5.97 Å². The molecule has 0 aliphatic heterocycles. The Morgan fingerprint density at radius 3 is 2.90 bits per heavy atom. The minimum absolute atomic E-state index is 0.258. The van der Waals surface area contributed by atoms with Crippen LogP contribution in [0.3, 0.4) is 0 Å². The lowest BCUT2D eigenvalue weighted by atomic mass is 9.84. The van der Waals surface area contributed by atoms with Crippen LogP contribution >= 0.6 is 11.5 Å². The quantitative estimate of drug-likeness (QED) is 0.839. The zero-order valence-electron chi connectivity index (χ0n) is 13.0. The summed E-state index contributed by atoms with van der Waals surface area (Å²) in [6.07, 6.45) is 5.55. The van der Waals surface area contributed by atoms with Gasteiger partial charge in [-0.05, 0) is 69.3 Å². The molecule has 0 spiro atoms. The van der Waals surface area contributed by atoms with E-state index in [1.165, 1.54) is 37.2 Å². The van der Waals surface area contributed by atoms with Crippen molar-refractivity contribution in [1.29, 1.82) is 0 Å². The van der Waals surface area contributed by atoms with Gasteiger partial charge in [0.15, 0.2) is 0 Å². The molecule has 2 fully saturated rings. The van der Waals surface area contributed by atoms with E-state index >= 15 is 0 Å². The first-order chi connectivity index (χ1) is 10.1. The molecular weight excluding hydrogens is 284 g/mol. The van der Waals surface area contributed by atoms with Crippen LogP contribution in [0.2, 0.25) is 0 Å². The van der Waals surface area contributed by atoms with Crippen molar-refractivity contribution in [3.05, 3.63) is 11.3 Å². The van der Waals surface area contributed by atoms with Crippen LogP contribution in [0.15, 0.2) is 0 Å². The molecule has 2 bridgehead atoms. The number of aryl methyl sites for hydroxylation is 1. The van der Waals surface area contributed by atoms with Gasteiger partial charge in [0.1, 0.15) is 10.6 Å². The molecule has 4 atom stereocenters. The maximum atomic E-state index is 12.1. The first kappa shape index (κ1) is 14.8. The first-order valence-corrected chi connectivity index (χ1v) is 8.77. The summed E-state index contributed by atoms with van der Waals surface area (Å²) in [4.78, 5) is 12.1. The number of carbonyl (C=O) groups is 1. The molecule has 1 heterocycles. The van der Waals surface area contributed by atoms with Crippen molar-refractivity contribution in [1.82, 2.24) is 4.37 Å². The van der Waals surface area contributed by atoms with Gasteiger partial charge in [0.05, 0.1) is 12.3 Å². The molecule has 3 rings (SSSR count). The molecule has 1 aromatic rings. The molecular formula is C16H24N2O2S. The molecule has 2 aliphatic rings. The molecule has 2 aliphatic carbocycles. The molecule has 1 aromatic heterocycles. The van der Waals surface area contributed by atoms with Crippen molar-refractivity contribution >= 4 is 22.5 Å². The maximum Gasteiger partial charge on any atom is 0.343 e. The van der Waals surface area contributed by atoms with E-state index in [2.05, 4.69) is 16.6 Å².